The van der Waals surface area contributed by atoms with E-state index in [2.05, 4.69) is 9.88 Å². The second kappa shape index (κ2) is 7.68. The number of carbonyl (C=O) groups is 2. The molecule has 28 heavy (non-hydrogen) atoms. The number of hydrogen-bond donors (Lipinski definition) is 1. The Morgan fingerprint density at radius 3 is 2.54 bits per heavy atom. The average molecular weight is 375 g/mol. The van der Waals surface area contributed by atoms with Gasteiger partial charge >= 0.3 is 5.97 Å². The van der Waals surface area contributed by atoms with E-state index >= 15 is 0 Å². The van der Waals surface area contributed by atoms with Crippen molar-refractivity contribution < 1.29 is 14.7 Å². The normalized spacial score (nSPS) is 14.3. The Bertz CT molecular complexity index is 1020. The second-order valence-corrected chi connectivity index (χ2v) is 6.90. The number of carboxylic acid groups (broad SMARTS) is 1. The monoisotopic (exact) mass is 375 g/mol. The summed E-state index contributed by atoms with van der Waals surface area (Å²) in [5.41, 5.74) is 3.29. The van der Waals surface area contributed by atoms with E-state index in [-0.39, 0.29) is 12.3 Å². The fourth-order valence-corrected chi connectivity index (χ4v) is 3.66. The lowest BCUT2D eigenvalue weighted by molar-refractivity contribution is -0.136. The molecule has 6 heteroatoms. The van der Waals surface area contributed by atoms with Crippen LogP contribution in [-0.2, 0) is 11.2 Å². The molecule has 0 saturated carbocycles. The number of anilines is 1. The quantitative estimate of drug-likeness (QED) is 0.759. The number of nitrogens with zero attached hydrogens (tertiary/aromatic N) is 3. The van der Waals surface area contributed by atoms with Gasteiger partial charge in [0.25, 0.3) is 5.91 Å². The number of rotatable bonds is 4. The smallest absolute Gasteiger partial charge is 0.307 e. The van der Waals surface area contributed by atoms with Gasteiger partial charge in [-0.2, -0.15) is 0 Å². The number of aromatic nitrogens is 1. The van der Waals surface area contributed by atoms with E-state index in [1.807, 2.05) is 53.4 Å². The third kappa shape index (κ3) is 3.67. The molecule has 0 radical (unpaired) electrons. The fraction of sp³-hybridized carbons (Fsp3) is 0.227. The minimum Gasteiger partial charge on any atom is -0.481 e. The van der Waals surface area contributed by atoms with Crippen LogP contribution in [0.4, 0.5) is 5.69 Å². The maximum atomic E-state index is 13.0. The van der Waals surface area contributed by atoms with Crippen molar-refractivity contribution in [1.29, 1.82) is 0 Å². The van der Waals surface area contributed by atoms with E-state index in [1.165, 1.54) is 0 Å². The molecule has 0 bridgehead atoms. The molecule has 1 N–H and O–H groups in total. The predicted octanol–water partition coefficient (Wildman–Crippen LogP) is 2.82. The zero-order valence-electron chi connectivity index (χ0n) is 15.4. The molecule has 1 aromatic heterocycles. The molecule has 1 saturated heterocycles. The van der Waals surface area contributed by atoms with Crippen molar-refractivity contribution in [3.8, 4) is 0 Å². The number of aliphatic carboxylic acids is 1. The van der Waals surface area contributed by atoms with Crippen LogP contribution in [-0.4, -0.2) is 53.0 Å². The van der Waals surface area contributed by atoms with Crippen LogP contribution >= 0.6 is 0 Å². The van der Waals surface area contributed by atoms with Gasteiger partial charge in [-0.25, -0.2) is 0 Å². The van der Waals surface area contributed by atoms with Crippen LogP contribution in [0.1, 0.15) is 15.9 Å². The van der Waals surface area contributed by atoms with Gasteiger partial charge in [0, 0.05) is 43.4 Å². The van der Waals surface area contributed by atoms with Crippen LogP contribution in [0.5, 0.6) is 0 Å². The minimum atomic E-state index is -0.836. The Morgan fingerprint density at radius 2 is 1.75 bits per heavy atom. The predicted molar refractivity (Wildman–Crippen MR) is 108 cm³/mol. The number of benzene rings is 2. The zero-order chi connectivity index (χ0) is 19.5. The molecule has 3 aromatic rings. The van der Waals surface area contributed by atoms with Gasteiger partial charge in [-0.3, -0.25) is 14.6 Å². The van der Waals surface area contributed by atoms with Gasteiger partial charge in [0.15, 0.2) is 0 Å². The Labute approximate surface area is 163 Å². The maximum Gasteiger partial charge on any atom is 0.307 e. The number of carboxylic acids is 1. The molecule has 1 amide bonds. The van der Waals surface area contributed by atoms with E-state index < -0.39 is 5.97 Å². The lowest BCUT2D eigenvalue weighted by Gasteiger charge is -2.36. The van der Waals surface area contributed by atoms with Gasteiger partial charge in [0.1, 0.15) is 0 Å². The molecule has 0 spiro atoms. The number of pyridine rings is 1. The lowest BCUT2D eigenvalue weighted by atomic mass is 10.1. The molecule has 1 fully saturated rings. The van der Waals surface area contributed by atoms with Crippen molar-refractivity contribution in [2.45, 2.75) is 6.42 Å². The van der Waals surface area contributed by atoms with Crippen LogP contribution in [0.15, 0.2) is 60.8 Å². The van der Waals surface area contributed by atoms with E-state index in [0.29, 0.717) is 31.7 Å². The number of hydrogen-bond acceptors (Lipinski definition) is 4. The van der Waals surface area contributed by atoms with Crippen LogP contribution in [0, 0.1) is 0 Å². The first kappa shape index (κ1) is 18.0. The molecule has 6 nitrogen and oxygen atoms in total. The first-order valence-electron chi connectivity index (χ1n) is 9.30. The average Bonchev–Trinajstić information content (AvgIpc) is 2.73. The molecule has 2 heterocycles. The van der Waals surface area contributed by atoms with Crippen molar-refractivity contribution in [3.63, 3.8) is 0 Å². The van der Waals surface area contributed by atoms with Crippen molar-refractivity contribution in [1.82, 2.24) is 9.88 Å². The van der Waals surface area contributed by atoms with Crippen LogP contribution in [0.25, 0.3) is 10.9 Å². The molecule has 0 aliphatic carbocycles. The lowest BCUT2D eigenvalue weighted by Crippen LogP contribution is -2.48. The molecule has 142 valence electrons. The number of piperazine rings is 1. The van der Waals surface area contributed by atoms with Crippen molar-refractivity contribution in [2.24, 2.45) is 0 Å². The fourth-order valence-electron chi connectivity index (χ4n) is 3.66. The van der Waals surface area contributed by atoms with E-state index in [1.54, 1.807) is 12.3 Å². The van der Waals surface area contributed by atoms with Crippen molar-refractivity contribution in [3.05, 3.63) is 71.9 Å². The summed E-state index contributed by atoms with van der Waals surface area (Å²) >= 11 is 0. The van der Waals surface area contributed by atoms with E-state index in [9.17, 15) is 9.59 Å². The van der Waals surface area contributed by atoms with Crippen molar-refractivity contribution in [2.75, 3.05) is 31.1 Å². The zero-order valence-corrected chi connectivity index (χ0v) is 15.4. The first-order chi connectivity index (χ1) is 13.6. The number of para-hydroxylation sites is 1. The molecular weight excluding hydrogens is 354 g/mol. The van der Waals surface area contributed by atoms with Gasteiger partial charge in [0.2, 0.25) is 0 Å². The highest BCUT2D eigenvalue weighted by molar-refractivity contribution is 6.06. The highest BCUT2D eigenvalue weighted by Crippen LogP contribution is 2.22. The van der Waals surface area contributed by atoms with Gasteiger partial charge in [-0.05, 0) is 29.8 Å². The Kier molecular flexibility index (Phi) is 4.93. The largest absolute Gasteiger partial charge is 0.481 e. The Morgan fingerprint density at radius 1 is 0.964 bits per heavy atom. The molecule has 1 aliphatic rings. The van der Waals surface area contributed by atoms with Gasteiger partial charge < -0.3 is 14.9 Å². The first-order valence-corrected chi connectivity index (χ1v) is 9.30. The third-order valence-corrected chi connectivity index (χ3v) is 5.08. The summed E-state index contributed by atoms with van der Waals surface area (Å²) in [5.74, 6) is -0.810. The SMILES string of the molecule is O=C(O)Cc1cccc(N2CCN(C(=O)c3ccnc4ccccc34)CC2)c1. The summed E-state index contributed by atoms with van der Waals surface area (Å²) in [7, 11) is 0. The van der Waals surface area contributed by atoms with Gasteiger partial charge in [-0.1, -0.05) is 30.3 Å². The molecule has 1 aliphatic heterocycles. The Balaban J connectivity index is 1.47. The van der Waals surface area contributed by atoms with E-state index in [0.717, 1.165) is 22.2 Å². The van der Waals surface area contributed by atoms with Gasteiger partial charge in [-0.15, -0.1) is 0 Å². The Hall–Kier alpha value is -3.41. The van der Waals surface area contributed by atoms with Gasteiger partial charge in [0.05, 0.1) is 17.5 Å². The molecule has 0 atom stereocenters. The summed E-state index contributed by atoms with van der Waals surface area (Å²) < 4.78 is 0. The van der Waals surface area contributed by atoms with Crippen molar-refractivity contribution >= 4 is 28.5 Å². The third-order valence-electron chi connectivity index (χ3n) is 5.08. The number of carbonyl (C=O) groups excluding carboxylic acids is 1. The molecular formula is C22H21N3O3. The summed E-state index contributed by atoms with van der Waals surface area (Å²) in [6, 6.07) is 17.1. The molecule has 4 rings (SSSR count). The highest BCUT2D eigenvalue weighted by atomic mass is 16.4. The second-order valence-electron chi connectivity index (χ2n) is 6.90. The minimum absolute atomic E-state index is 0.0153. The standard InChI is InChI=1S/C22H21N3O3/c26-21(27)15-16-4-3-5-17(14-16)24-10-12-25(13-11-24)22(28)19-8-9-23-20-7-2-1-6-18(19)20/h1-9,14H,10-13,15H2,(H,26,27). The summed E-state index contributed by atoms with van der Waals surface area (Å²) in [5, 5.41) is 9.86. The molecule has 2 aromatic carbocycles. The van der Waals surface area contributed by atoms with Crippen LogP contribution in [0.2, 0.25) is 0 Å². The summed E-state index contributed by atoms with van der Waals surface area (Å²) in [6.07, 6.45) is 1.70. The topological polar surface area (TPSA) is 73.7 Å². The van der Waals surface area contributed by atoms with Crippen LogP contribution < -0.4 is 4.90 Å². The number of amides is 1. The maximum absolute atomic E-state index is 13.0. The summed E-state index contributed by atoms with van der Waals surface area (Å²) in [6.45, 7) is 2.67. The van der Waals surface area contributed by atoms with Crippen LogP contribution in [0.3, 0.4) is 0 Å². The molecule has 0 unspecified atom stereocenters. The highest BCUT2D eigenvalue weighted by Gasteiger charge is 2.23. The summed E-state index contributed by atoms with van der Waals surface area (Å²) in [4.78, 5) is 32.4. The van der Waals surface area contributed by atoms with E-state index in [4.69, 9.17) is 5.11 Å². The number of fused-ring (bicyclic) bond motifs is 1.